The Hall–Kier alpha value is -3.41. The zero-order valence-electron chi connectivity index (χ0n) is 14.6. The predicted octanol–water partition coefficient (Wildman–Crippen LogP) is 4.27. The average Bonchev–Trinajstić information content (AvgIpc) is 3.25. The van der Waals surface area contributed by atoms with E-state index in [9.17, 15) is 4.79 Å². The molecule has 0 radical (unpaired) electrons. The van der Waals surface area contributed by atoms with Crippen molar-refractivity contribution >= 4 is 22.7 Å². The number of carbonyl (C=O) groups is 1. The van der Waals surface area contributed by atoms with Gasteiger partial charge in [0, 0.05) is 23.5 Å². The molecular weight excluding hydrogens is 328 g/mol. The van der Waals surface area contributed by atoms with Crippen molar-refractivity contribution in [2.24, 2.45) is 0 Å². The summed E-state index contributed by atoms with van der Waals surface area (Å²) in [5.41, 5.74) is 4.36. The minimum Gasteiger partial charge on any atom is -0.436 e. The molecule has 26 heavy (non-hydrogen) atoms. The van der Waals surface area contributed by atoms with Crippen LogP contribution in [-0.4, -0.2) is 20.7 Å². The lowest BCUT2D eigenvalue weighted by molar-refractivity contribution is 0.102. The van der Waals surface area contributed by atoms with Gasteiger partial charge in [-0.1, -0.05) is 18.2 Å². The summed E-state index contributed by atoms with van der Waals surface area (Å²) in [5, 5.41) is 7.19. The Morgan fingerprint density at radius 3 is 2.77 bits per heavy atom. The summed E-state index contributed by atoms with van der Waals surface area (Å²) in [6, 6.07) is 16.8. The summed E-state index contributed by atoms with van der Waals surface area (Å²) in [7, 11) is 0. The average molecular weight is 346 g/mol. The van der Waals surface area contributed by atoms with Gasteiger partial charge in [-0.05, 0) is 50.2 Å². The highest BCUT2D eigenvalue weighted by Gasteiger charge is 2.13. The van der Waals surface area contributed by atoms with Crippen LogP contribution in [0.25, 0.3) is 22.6 Å². The molecule has 0 spiro atoms. The highest BCUT2D eigenvalue weighted by Crippen LogP contribution is 2.26. The van der Waals surface area contributed by atoms with Crippen molar-refractivity contribution in [2.45, 2.75) is 20.4 Å². The van der Waals surface area contributed by atoms with Crippen molar-refractivity contribution in [2.75, 3.05) is 5.32 Å². The van der Waals surface area contributed by atoms with E-state index in [0.29, 0.717) is 17.3 Å². The minimum atomic E-state index is -0.241. The number of fused-ring (bicyclic) bond motifs is 1. The monoisotopic (exact) mass is 346 g/mol. The Morgan fingerprint density at radius 2 is 2.00 bits per heavy atom. The van der Waals surface area contributed by atoms with Crippen molar-refractivity contribution in [1.82, 2.24) is 14.8 Å². The van der Waals surface area contributed by atoms with E-state index in [-0.39, 0.29) is 5.91 Å². The van der Waals surface area contributed by atoms with Crippen LogP contribution in [0.2, 0.25) is 0 Å². The van der Waals surface area contributed by atoms with Crippen LogP contribution >= 0.6 is 0 Å². The molecule has 0 aliphatic rings. The van der Waals surface area contributed by atoms with E-state index in [4.69, 9.17) is 4.42 Å². The third kappa shape index (κ3) is 2.97. The van der Waals surface area contributed by atoms with Crippen molar-refractivity contribution in [3.63, 3.8) is 0 Å². The van der Waals surface area contributed by atoms with Gasteiger partial charge in [-0.2, -0.15) is 5.10 Å². The summed E-state index contributed by atoms with van der Waals surface area (Å²) in [6.07, 6.45) is 0. The maximum Gasteiger partial charge on any atom is 0.276 e. The molecule has 2 aromatic heterocycles. The minimum absolute atomic E-state index is 0.241. The van der Waals surface area contributed by atoms with Crippen molar-refractivity contribution in [3.8, 4) is 11.5 Å². The van der Waals surface area contributed by atoms with E-state index < -0.39 is 0 Å². The molecule has 0 unspecified atom stereocenters. The van der Waals surface area contributed by atoms with Gasteiger partial charge in [0.05, 0.1) is 0 Å². The molecule has 0 bridgehead atoms. The number of aryl methyl sites for hydroxylation is 2. The SMILES string of the molecule is CCn1nc(C(=O)Nc2cccc(-c3nc4ccccc4o3)c2)cc1C. The fraction of sp³-hybridized carbons (Fsp3) is 0.150. The summed E-state index contributed by atoms with van der Waals surface area (Å²) in [5.74, 6) is 0.281. The number of hydrogen-bond acceptors (Lipinski definition) is 4. The first-order valence-corrected chi connectivity index (χ1v) is 8.46. The first-order chi connectivity index (χ1) is 12.6. The molecule has 0 fully saturated rings. The summed E-state index contributed by atoms with van der Waals surface area (Å²) < 4.78 is 7.59. The second kappa shape index (κ2) is 6.48. The standard InChI is InChI=1S/C20H18N4O2/c1-3-24-13(2)11-17(23-24)19(25)21-15-8-6-7-14(12-15)20-22-16-9-4-5-10-18(16)26-20/h4-12H,3H2,1-2H3,(H,21,25). The highest BCUT2D eigenvalue weighted by atomic mass is 16.3. The molecule has 0 aliphatic heterocycles. The molecular formula is C20H18N4O2. The van der Waals surface area contributed by atoms with Crippen LogP contribution in [0, 0.1) is 6.92 Å². The van der Waals surface area contributed by atoms with Gasteiger partial charge in [-0.15, -0.1) is 0 Å². The van der Waals surface area contributed by atoms with Crippen LogP contribution in [0.4, 0.5) is 5.69 Å². The lowest BCUT2D eigenvalue weighted by Gasteiger charge is -2.04. The van der Waals surface area contributed by atoms with E-state index in [2.05, 4.69) is 15.4 Å². The molecule has 130 valence electrons. The Kier molecular flexibility index (Phi) is 4.01. The van der Waals surface area contributed by atoms with Gasteiger partial charge < -0.3 is 9.73 Å². The zero-order valence-corrected chi connectivity index (χ0v) is 14.6. The third-order valence-corrected chi connectivity index (χ3v) is 4.17. The molecule has 4 rings (SSSR count). The Bertz CT molecular complexity index is 1060. The fourth-order valence-electron chi connectivity index (χ4n) is 2.86. The molecule has 1 N–H and O–H groups in total. The normalized spacial score (nSPS) is 11.0. The van der Waals surface area contributed by atoms with E-state index in [1.54, 1.807) is 10.7 Å². The molecule has 6 nitrogen and oxygen atoms in total. The van der Waals surface area contributed by atoms with Crippen LogP contribution in [0.15, 0.2) is 59.0 Å². The van der Waals surface area contributed by atoms with Crippen molar-refractivity contribution < 1.29 is 9.21 Å². The molecule has 0 saturated carbocycles. The van der Waals surface area contributed by atoms with Crippen LogP contribution in [0.5, 0.6) is 0 Å². The Balaban J connectivity index is 1.60. The molecule has 2 aromatic carbocycles. The molecule has 0 atom stereocenters. The maximum absolute atomic E-state index is 12.5. The maximum atomic E-state index is 12.5. The summed E-state index contributed by atoms with van der Waals surface area (Å²) in [4.78, 5) is 17.0. The number of hydrogen-bond donors (Lipinski definition) is 1. The molecule has 2 heterocycles. The van der Waals surface area contributed by atoms with Gasteiger partial charge in [-0.3, -0.25) is 9.48 Å². The topological polar surface area (TPSA) is 73.0 Å². The number of nitrogens with one attached hydrogen (secondary N) is 1. The zero-order chi connectivity index (χ0) is 18.1. The van der Waals surface area contributed by atoms with Gasteiger partial charge >= 0.3 is 0 Å². The van der Waals surface area contributed by atoms with Crippen LogP contribution in [0.1, 0.15) is 23.1 Å². The number of carbonyl (C=O) groups excluding carboxylic acids is 1. The second-order valence-corrected chi connectivity index (χ2v) is 6.01. The van der Waals surface area contributed by atoms with Gasteiger partial charge in [0.1, 0.15) is 5.52 Å². The van der Waals surface area contributed by atoms with Gasteiger partial charge in [0.2, 0.25) is 5.89 Å². The van der Waals surface area contributed by atoms with E-state index in [1.165, 1.54) is 0 Å². The fourth-order valence-corrected chi connectivity index (χ4v) is 2.86. The van der Waals surface area contributed by atoms with Gasteiger partial charge in [0.25, 0.3) is 5.91 Å². The van der Waals surface area contributed by atoms with Crippen molar-refractivity contribution in [3.05, 3.63) is 66.0 Å². The number of nitrogens with zero attached hydrogens (tertiary/aromatic N) is 3. The van der Waals surface area contributed by atoms with Gasteiger partial charge in [-0.25, -0.2) is 4.98 Å². The lowest BCUT2D eigenvalue weighted by atomic mass is 10.2. The number of benzene rings is 2. The van der Waals surface area contributed by atoms with Crippen LogP contribution < -0.4 is 5.32 Å². The highest BCUT2D eigenvalue weighted by molar-refractivity contribution is 6.03. The number of oxazole rings is 1. The number of para-hydroxylation sites is 2. The van der Waals surface area contributed by atoms with Crippen LogP contribution in [-0.2, 0) is 6.54 Å². The lowest BCUT2D eigenvalue weighted by Crippen LogP contribution is -2.13. The molecule has 1 amide bonds. The molecule has 0 aliphatic carbocycles. The first kappa shape index (κ1) is 16.1. The second-order valence-electron chi connectivity index (χ2n) is 6.01. The predicted molar refractivity (Wildman–Crippen MR) is 100 cm³/mol. The third-order valence-electron chi connectivity index (χ3n) is 4.17. The smallest absolute Gasteiger partial charge is 0.276 e. The van der Waals surface area contributed by atoms with E-state index in [0.717, 1.165) is 28.9 Å². The number of amides is 1. The van der Waals surface area contributed by atoms with E-state index >= 15 is 0 Å². The van der Waals surface area contributed by atoms with Crippen molar-refractivity contribution in [1.29, 1.82) is 0 Å². The molecule has 6 heteroatoms. The van der Waals surface area contributed by atoms with Gasteiger partial charge in [0.15, 0.2) is 11.3 Å². The number of aromatic nitrogens is 3. The summed E-state index contributed by atoms with van der Waals surface area (Å²) >= 11 is 0. The largest absolute Gasteiger partial charge is 0.436 e. The first-order valence-electron chi connectivity index (χ1n) is 8.46. The Labute approximate surface area is 150 Å². The summed E-state index contributed by atoms with van der Waals surface area (Å²) in [6.45, 7) is 4.65. The number of anilines is 1. The molecule has 4 aromatic rings. The molecule has 0 saturated heterocycles. The van der Waals surface area contributed by atoms with E-state index in [1.807, 2.05) is 62.4 Å². The van der Waals surface area contributed by atoms with Crippen LogP contribution in [0.3, 0.4) is 0 Å². The Morgan fingerprint density at radius 1 is 1.15 bits per heavy atom. The number of rotatable bonds is 4. The quantitative estimate of drug-likeness (QED) is 0.599.